The predicted molar refractivity (Wildman–Crippen MR) is 110 cm³/mol. The fraction of sp³-hybridized carbons (Fsp3) is 0.421. The molecule has 0 radical (unpaired) electrons. The third-order valence-electron chi connectivity index (χ3n) is 4.69. The van der Waals surface area contributed by atoms with E-state index in [1.807, 2.05) is 12.1 Å². The van der Waals surface area contributed by atoms with Crippen LogP contribution in [-0.2, 0) is 4.79 Å². The fourth-order valence-corrected chi connectivity index (χ4v) is 3.87. The standard InChI is InChI=1S/C19H26N6OS/c1-23(2)18(26)13-27-19-21-16(20)11-17(22-19)25-10-9-24(3)15(12-25)14-7-5-4-6-8-14/h4-8,11,15H,9-10,12-13H2,1-3H3,(H2,20,21,22)/t15-/m1/s1. The van der Waals surface area contributed by atoms with E-state index in [2.05, 4.69) is 51.1 Å². The summed E-state index contributed by atoms with van der Waals surface area (Å²) >= 11 is 1.32. The summed E-state index contributed by atoms with van der Waals surface area (Å²) in [4.78, 5) is 26.9. The maximum atomic E-state index is 11.8. The molecule has 0 saturated carbocycles. The lowest BCUT2D eigenvalue weighted by molar-refractivity contribution is -0.125. The highest BCUT2D eigenvalue weighted by Gasteiger charge is 2.27. The van der Waals surface area contributed by atoms with Crippen molar-refractivity contribution < 1.29 is 4.79 Å². The van der Waals surface area contributed by atoms with Gasteiger partial charge in [-0.2, -0.15) is 0 Å². The number of thioether (sulfide) groups is 1. The number of aromatic nitrogens is 2. The SMILES string of the molecule is CN(C)C(=O)CSc1nc(N)cc(N2CCN(C)[C@@H](c3ccccc3)C2)n1. The Morgan fingerprint density at radius 2 is 2.00 bits per heavy atom. The lowest BCUT2D eigenvalue weighted by atomic mass is 10.0. The first-order chi connectivity index (χ1) is 12.9. The molecule has 27 heavy (non-hydrogen) atoms. The molecule has 1 amide bonds. The Kier molecular flexibility index (Phi) is 6.18. The Bertz CT molecular complexity index is 785. The van der Waals surface area contributed by atoms with E-state index in [1.165, 1.54) is 17.3 Å². The molecular weight excluding hydrogens is 360 g/mol. The molecule has 1 aromatic heterocycles. The van der Waals surface area contributed by atoms with Gasteiger partial charge in [0.1, 0.15) is 11.6 Å². The Hall–Kier alpha value is -2.32. The fourth-order valence-electron chi connectivity index (χ4n) is 3.03. The third kappa shape index (κ3) is 4.90. The second kappa shape index (κ2) is 8.58. The minimum Gasteiger partial charge on any atom is -0.383 e. The van der Waals surface area contributed by atoms with Gasteiger partial charge in [-0.1, -0.05) is 42.1 Å². The van der Waals surface area contributed by atoms with E-state index in [4.69, 9.17) is 5.73 Å². The van der Waals surface area contributed by atoms with Crippen molar-refractivity contribution >= 4 is 29.3 Å². The number of hydrogen-bond acceptors (Lipinski definition) is 7. The van der Waals surface area contributed by atoms with E-state index in [1.54, 1.807) is 19.0 Å². The third-order valence-corrected chi connectivity index (χ3v) is 5.52. The molecule has 0 aliphatic carbocycles. The summed E-state index contributed by atoms with van der Waals surface area (Å²) in [6.45, 7) is 2.64. The van der Waals surface area contributed by atoms with Gasteiger partial charge in [0.15, 0.2) is 5.16 Å². The molecule has 1 aliphatic rings. The minimum atomic E-state index is 0.0244. The molecule has 2 heterocycles. The van der Waals surface area contributed by atoms with Crippen molar-refractivity contribution in [3.05, 3.63) is 42.0 Å². The zero-order chi connectivity index (χ0) is 19.4. The van der Waals surface area contributed by atoms with E-state index < -0.39 is 0 Å². The predicted octanol–water partition coefficient (Wildman–Crippen LogP) is 1.73. The first kappa shape index (κ1) is 19.4. The molecule has 2 aromatic rings. The van der Waals surface area contributed by atoms with Crippen molar-refractivity contribution in [1.82, 2.24) is 19.8 Å². The maximum absolute atomic E-state index is 11.8. The van der Waals surface area contributed by atoms with Crippen molar-refractivity contribution in [3.63, 3.8) is 0 Å². The average molecular weight is 387 g/mol. The summed E-state index contributed by atoms with van der Waals surface area (Å²) < 4.78 is 0. The number of amides is 1. The lowest BCUT2D eigenvalue weighted by Crippen LogP contribution is -2.47. The molecule has 1 saturated heterocycles. The van der Waals surface area contributed by atoms with Crippen LogP contribution in [0.1, 0.15) is 11.6 Å². The monoisotopic (exact) mass is 386 g/mol. The first-order valence-electron chi connectivity index (χ1n) is 8.91. The van der Waals surface area contributed by atoms with Crippen LogP contribution in [0.3, 0.4) is 0 Å². The second-order valence-electron chi connectivity index (χ2n) is 6.86. The van der Waals surface area contributed by atoms with Crippen LogP contribution >= 0.6 is 11.8 Å². The van der Waals surface area contributed by atoms with Crippen molar-refractivity contribution in [2.45, 2.75) is 11.2 Å². The van der Waals surface area contributed by atoms with Crippen LogP contribution in [0, 0.1) is 0 Å². The van der Waals surface area contributed by atoms with Crippen molar-refractivity contribution in [1.29, 1.82) is 0 Å². The van der Waals surface area contributed by atoms with E-state index in [0.29, 0.717) is 22.8 Å². The summed E-state index contributed by atoms with van der Waals surface area (Å²) in [7, 11) is 5.63. The van der Waals surface area contributed by atoms with Gasteiger partial charge in [-0.25, -0.2) is 9.97 Å². The number of carbonyl (C=O) groups excluding carboxylic acids is 1. The molecule has 1 aromatic carbocycles. The van der Waals surface area contributed by atoms with Gasteiger partial charge in [0.2, 0.25) is 5.91 Å². The van der Waals surface area contributed by atoms with Gasteiger partial charge in [-0.3, -0.25) is 9.69 Å². The highest BCUT2D eigenvalue weighted by molar-refractivity contribution is 7.99. The van der Waals surface area contributed by atoms with Crippen LogP contribution < -0.4 is 10.6 Å². The Labute approximate surface area is 164 Å². The summed E-state index contributed by atoms with van der Waals surface area (Å²) in [5.41, 5.74) is 7.30. The zero-order valence-electron chi connectivity index (χ0n) is 16.0. The molecule has 0 spiro atoms. The van der Waals surface area contributed by atoms with Crippen LogP contribution in [0.5, 0.6) is 0 Å². The molecule has 7 nitrogen and oxygen atoms in total. The van der Waals surface area contributed by atoms with Gasteiger partial charge < -0.3 is 15.5 Å². The molecule has 3 rings (SSSR count). The average Bonchev–Trinajstić information content (AvgIpc) is 2.66. The highest BCUT2D eigenvalue weighted by Crippen LogP contribution is 2.28. The molecule has 8 heteroatoms. The number of hydrogen-bond donors (Lipinski definition) is 1. The van der Waals surface area contributed by atoms with Gasteiger partial charge in [0.25, 0.3) is 0 Å². The second-order valence-corrected chi connectivity index (χ2v) is 7.81. The maximum Gasteiger partial charge on any atom is 0.232 e. The molecular formula is C19H26N6OS. The van der Waals surface area contributed by atoms with Crippen molar-refractivity contribution in [2.24, 2.45) is 0 Å². The zero-order valence-corrected chi connectivity index (χ0v) is 16.8. The number of nitrogens with two attached hydrogens (primary N) is 1. The van der Waals surface area contributed by atoms with Gasteiger partial charge in [0.05, 0.1) is 11.8 Å². The molecule has 2 N–H and O–H groups in total. The Morgan fingerprint density at radius 3 is 2.70 bits per heavy atom. The Balaban J connectivity index is 1.76. The summed E-state index contributed by atoms with van der Waals surface area (Å²) in [6.07, 6.45) is 0. The number of rotatable bonds is 5. The first-order valence-corrected chi connectivity index (χ1v) is 9.90. The lowest BCUT2D eigenvalue weighted by Gasteiger charge is -2.40. The van der Waals surface area contributed by atoms with E-state index >= 15 is 0 Å². The normalized spacial score (nSPS) is 17.7. The van der Waals surface area contributed by atoms with Gasteiger partial charge in [-0.05, 0) is 12.6 Å². The van der Waals surface area contributed by atoms with E-state index in [9.17, 15) is 4.79 Å². The number of nitrogens with zero attached hydrogens (tertiary/aromatic N) is 5. The van der Waals surface area contributed by atoms with Crippen LogP contribution in [0.2, 0.25) is 0 Å². The number of carbonyl (C=O) groups is 1. The molecule has 1 fully saturated rings. The van der Waals surface area contributed by atoms with Crippen LogP contribution in [-0.4, -0.2) is 72.2 Å². The van der Waals surface area contributed by atoms with Gasteiger partial charge >= 0.3 is 0 Å². The number of likely N-dealkylation sites (N-methyl/N-ethyl adjacent to an activating group) is 1. The smallest absolute Gasteiger partial charge is 0.232 e. The highest BCUT2D eigenvalue weighted by atomic mass is 32.2. The van der Waals surface area contributed by atoms with Crippen molar-refractivity contribution in [3.8, 4) is 0 Å². The van der Waals surface area contributed by atoms with Crippen molar-refractivity contribution in [2.75, 3.05) is 57.2 Å². The number of nitrogen functional groups attached to an aromatic ring is 1. The molecule has 1 atom stereocenters. The number of piperazine rings is 1. The summed E-state index contributed by atoms with van der Waals surface area (Å²) in [5, 5.41) is 0.537. The van der Waals surface area contributed by atoms with Crippen LogP contribution in [0.15, 0.2) is 41.6 Å². The summed E-state index contributed by atoms with van der Waals surface area (Å²) in [6, 6.07) is 12.6. The quantitative estimate of drug-likeness (QED) is 0.619. The topological polar surface area (TPSA) is 78.6 Å². The summed E-state index contributed by atoms with van der Waals surface area (Å²) in [5.74, 6) is 1.56. The number of anilines is 2. The molecule has 1 aliphatic heterocycles. The number of benzene rings is 1. The molecule has 144 valence electrons. The van der Waals surface area contributed by atoms with Crippen LogP contribution in [0.25, 0.3) is 0 Å². The van der Waals surface area contributed by atoms with E-state index in [-0.39, 0.29) is 5.91 Å². The van der Waals surface area contributed by atoms with Gasteiger partial charge in [-0.15, -0.1) is 0 Å². The molecule has 0 unspecified atom stereocenters. The minimum absolute atomic E-state index is 0.0244. The van der Waals surface area contributed by atoms with E-state index in [0.717, 1.165) is 25.5 Å². The van der Waals surface area contributed by atoms with Crippen LogP contribution in [0.4, 0.5) is 11.6 Å². The Morgan fingerprint density at radius 1 is 1.26 bits per heavy atom. The molecule has 0 bridgehead atoms. The van der Waals surface area contributed by atoms with Gasteiger partial charge in [0, 0.05) is 39.8 Å². The largest absolute Gasteiger partial charge is 0.383 e.